The zero-order valence-electron chi connectivity index (χ0n) is 21.1. The molecule has 37 heavy (non-hydrogen) atoms. The van der Waals surface area contributed by atoms with E-state index in [1.54, 1.807) is 19.1 Å². The van der Waals surface area contributed by atoms with E-state index in [0.29, 0.717) is 22.2 Å². The van der Waals surface area contributed by atoms with Gasteiger partial charge in [0.2, 0.25) is 21.8 Å². The van der Waals surface area contributed by atoms with E-state index in [2.05, 4.69) is 5.32 Å². The van der Waals surface area contributed by atoms with Crippen molar-refractivity contribution in [3.8, 4) is 0 Å². The molecule has 2 amide bonds. The summed E-state index contributed by atoms with van der Waals surface area (Å²) in [5, 5.41) is 3.57. The van der Waals surface area contributed by atoms with Crippen LogP contribution in [0.15, 0.2) is 36.4 Å². The minimum Gasteiger partial charge on any atom is -0.354 e. The molecule has 0 saturated carbocycles. The highest BCUT2D eigenvalue weighted by molar-refractivity contribution is 7.92. The first-order chi connectivity index (χ1) is 17.2. The first-order valence-electron chi connectivity index (χ1n) is 11.6. The van der Waals surface area contributed by atoms with Gasteiger partial charge in [0.1, 0.15) is 6.04 Å². The van der Waals surface area contributed by atoms with Crippen molar-refractivity contribution >= 4 is 50.7 Å². The summed E-state index contributed by atoms with van der Waals surface area (Å²) in [7, 11) is -3.84. The molecular weight excluding hydrogens is 547 g/mol. The average molecular weight is 579 g/mol. The first kappa shape index (κ1) is 30.8. The molecule has 2 rings (SSSR count). The van der Waals surface area contributed by atoms with Crippen molar-refractivity contribution in [3.63, 3.8) is 0 Å². The molecule has 0 aliphatic carbocycles. The van der Waals surface area contributed by atoms with E-state index in [-0.39, 0.29) is 43.4 Å². The summed E-state index contributed by atoms with van der Waals surface area (Å²) in [4.78, 5) is 27.4. The Morgan fingerprint density at radius 1 is 1.03 bits per heavy atom. The lowest BCUT2D eigenvalue weighted by Crippen LogP contribution is -2.48. The minimum absolute atomic E-state index is 0.0318. The van der Waals surface area contributed by atoms with Crippen LogP contribution in [0, 0.1) is 17.6 Å². The van der Waals surface area contributed by atoms with Crippen molar-refractivity contribution in [3.05, 3.63) is 63.6 Å². The molecule has 204 valence electrons. The largest absolute Gasteiger partial charge is 0.354 e. The van der Waals surface area contributed by atoms with Crippen LogP contribution in [-0.2, 0) is 26.2 Å². The van der Waals surface area contributed by atoms with E-state index < -0.39 is 33.6 Å². The second-order valence-electron chi connectivity index (χ2n) is 9.11. The van der Waals surface area contributed by atoms with E-state index in [1.807, 2.05) is 13.8 Å². The minimum atomic E-state index is -3.84. The molecular formula is C25H31Cl2F2N3O4S. The third-order valence-corrected chi connectivity index (χ3v) is 7.33. The molecule has 0 radical (unpaired) electrons. The molecule has 0 aliphatic rings. The van der Waals surface area contributed by atoms with Crippen LogP contribution in [0.4, 0.5) is 14.5 Å². The fourth-order valence-electron chi connectivity index (χ4n) is 3.51. The lowest BCUT2D eigenvalue weighted by Gasteiger charge is -2.30. The van der Waals surface area contributed by atoms with Gasteiger partial charge < -0.3 is 10.2 Å². The Labute approximate surface area is 226 Å². The smallest absolute Gasteiger partial charge is 0.242 e. The van der Waals surface area contributed by atoms with Gasteiger partial charge in [0.25, 0.3) is 0 Å². The fraction of sp³-hybridized carbons (Fsp3) is 0.440. The number of nitrogens with zero attached hydrogens (tertiary/aromatic N) is 2. The summed E-state index contributed by atoms with van der Waals surface area (Å²) in [6.45, 7) is 5.80. The molecule has 0 aliphatic heterocycles. The topological polar surface area (TPSA) is 86.8 Å². The number of amides is 2. The number of benzene rings is 2. The Bertz CT molecular complexity index is 1230. The molecule has 0 heterocycles. The van der Waals surface area contributed by atoms with Gasteiger partial charge in [-0.2, -0.15) is 0 Å². The quantitative estimate of drug-likeness (QED) is 0.384. The second kappa shape index (κ2) is 13.4. The number of hydrogen-bond acceptors (Lipinski definition) is 4. The Morgan fingerprint density at radius 2 is 1.70 bits per heavy atom. The van der Waals surface area contributed by atoms with Gasteiger partial charge in [-0.05, 0) is 49.1 Å². The molecule has 0 fully saturated rings. The molecule has 0 bridgehead atoms. The highest BCUT2D eigenvalue weighted by Gasteiger charge is 2.27. The zero-order chi connectivity index (χ0) is 27.9. The van der Waals surface area contributed by atoms with Crippen molar-refractivity contribution in [2.45, 2.75) is 46.2 Å². The number of carbonyl (C=O) groups is 2. The van der Waals surface area contributed by atoms with Crippen LogP contribution < -0.4 is 9.62 Å². The van der Waals surface area contributed by atoms with Gasteiger partial charge >= 0.3 is 0 Å². The lowest BCUT2D eigenvalue weighted by atomic mass is 10.1. The van der Waals surface area contributed by atoms with Crippen molar-refractivity contribution in [2.24, 2.45) is 5.92 Å². The molecule has 0 saturated heterocycles. The molecule has 0 spiro atoms. The van der Waals surface area contributed by atoms with Crippen molar-refractivity contribution < 1.29 is 26.8 Å². The summed E-state index contributed by atoms with van der Waals surface area (Å²) < 4.78 is 52.6. The van der Waals surface area contributed by atoms with E-state index in [0.717, 1.165) is 28.8 Å². The van der Waals surface area contributed by atoms with Gasteiger partial charge in [-0.15, -0.1) is 0 Å². The van der Waals surface area contributed by atoms with Gasteiger partial charge in [-0.1, -0.05) is 43.1 Å². The monoisotopic (exact) mass is 577 g/mol. The molecule has 0 aromatic heterocycles. The Hall–Kier alpha value is -2.43. The molecule has 1 atom stereocenters. The standard InChI is InChI=1S/C25H31Cl2F2N3O4S/c1-16(2)14-30-25(34)17(3)31(15-18-7-8-19(26)12-21(18)27)24(33)6-5-11-32(37(4,35)36)20-9-10-22(28)23(29)13-20/h7-10,12-13,16-17H,5-6,11,14-15H2,1-4H3,(H,30,34)/t17-/m1/s1. The van der Waals surface area contributed by atoms with E-state index >= 15 is 0 Å². The van der Waals surface area contributed by atoms with Crippen LogP contribution in [0.25, 0.3) is 0 Å². The number of rotatable bonds is 12. The molecule has 0 unspecified atom stereocenters. The number of anilines is 1. The van der Waals surface area contributed by atoms with Crippen molar-refractivity contribution in [1.82, 2.24) is 10.2 Å². The fourth-order valence-corrected chi connectivity index (χ4v) is 4.94. The summed E-state index contributed by atoms with van der Waals surface area (Å²) in [5.74, 6) is -2.82. The first-order valence-corrected chi connectivity index (χ1v) is 14.2. The molecule has 1 N–H and O–H groups in total. The van der Waals surface area contributed by atoms with Crippen LogP contribution in [0.1, 0.15) is 39.2 Å². The lowest BCUT2D eigenvalue weighted by molar-refractivity contribution is -0.140. The van der Waals surface area contributed by atoms with Crippen LogP contribution in [0.2, 0.25) is 10.0 Å². The number of hydrogen-bond donors (Lipinski definition) is 1. The van der Waals surface area contributed by atoms with Crippen LogP contribution in [0.5, 0.6) is 0 Å². The maximum absolute atomic E-state index is 13.7. The van der Waals surface area contributed by atoms with Crippen LogP contribution >= 0.6 is 23.2 Å². The molecule has 2 aromatic carbocycles. The third kappa shape index (κ3) is 9.12. The van der Waals surface area contributed by atoms with Crippen molar-refractivity contribution in [1.29, 1.82) is 0 Å². The van der Waals surface area contributed by atoms with E-state index in [4.69, 9.17) is 23.2 Å². The summed E-state index contributed by atoms with van der Waals surface area (Å²) >= 11 is 12.3. The molecule has 7 nitrogen and oxygen atoms in total. The Morgan fingerprint density at radius 3 is 2.27 bits per heavy atom. The van der Waals surface area contributed by atoms with Crippen LogP contribution in [0.3, 0.4) is 0 Å². The second-order valence-corrected chi connectivity index (χ2v) is 11.9. The maximum atomic E-state index is 13.7. The van der Waals surface area contributed by atoms with E-state index in [1.165, 1.54) is 11.0 Å². The average Bonchev–Trinajstić information content (AvgIpc) is 2.80. The number of halogens is 4. The normalized spacial score (nSPS) is 12.4. The Kier molecular flexibility index (Phi) is 11.1. The van der Waals surface area contributed by atoms with Gasteiger partial charge in [0.15, 0.2) is 11.6 Å². The zero-order valence-corrected chi connectivity index (χ0v) is 23.4. The number of sulfonamides is 1. The highest BCUT2D eigenvalue weighted by Crippen LogP contribution is 2.24. The van der Waals surface area contributed by atoms with Gasteiger partial charge in [-0.25, -0.2) is 17.2 Å². The highest BCUT2D eigenvalue weighted by atomic mass is 35.5. The van der Waals surface area contributed by atoms with Crippen LogP contribution in [-0.4, -0.2) is 50.5 Å². The predicted molar refractivity (Wildman–Crippen MR) is 142 cm³/mol. The predicted octanol–water partition coefficient (Wildman–Crippen LogP) is 5.01. The third-order valence-electron chi connectivity index (χ3n) is 5.55. The molecule has 12 heteroatoms. The Balaban J connectivity index is 2.21. The molecule has 2 aromatic rings. The summed E-state index contributed by atoms with van der Waals surface area (Å²) in [6.07, 6.45) is 0.894. The van der Waals surface area contributed by atoms with E-state index in [9.17, 15) is 26.8 Å². The van der Waals surface area contributed by atoms with Gasteiger partial charge in [0.05, 0.1) is 11.9 Å². The van der Waals surface area contributed by atoms with Crippen molar-refractivity contribution in [2.75, 3.05) is 23.7 Å². The maximum Gasteiger partial charge on any atom is 0.242 e. The number of nitrogens with one attached hydrogen (secondary N) is 1. The van der Waals surface area contributed by atoms with Gasteiger partial charge in [0, 0.05) is 42.2 Å². The summed E-state index contributed by atoms with van der Waals surface area (Å²) in [6, 6.07) is 6.76. The van der Waals surface area contributed by atoms with Gasteiger partial charge in [-0.3, -0.25) is 13.9 Å². The summed E-state index contributed by atoms with van der Waals surface area (Å²) in [5.41, 5.74) is 0.530. The number of carbonyl (C=O) groups excluding carboxylic acids is 2. The SMILES string of the molecule is CC(C)CNC(=O)[C@@H](C)N(Cc1ccc(Cl)cc1Cl)C(=O)CCCN(c1ccc(F)c(F)c1)S(C)(=O)=O.